The highest BCUT2D eigenvalue weighted by Crippen LogP contribution is 2.31. The molecule has 0 bridgehead atoms. The molecule has 4 N–H and O–H groups in total. The first-order valence-electron chi connectivity index (χ1n) is 6.80. The molecule has 0 aromatic carbocycles. The summed E-state index contributed by atoms with van der Waals surface area (Å²) in [7, 11) is 0. The topological polar surface area (TPSA) is 87.7 Å². The predicted molar refractivity (Wildman–Crippen MR) is 71.4 cm³/mol. The van der Waals surface area contributed by atoms with Crippen LogP contribution >= 0.6 is 0 Å². The van der Waals surface area contributed by atoms with Crippen LogP contribution in [0.5, 0.6) is 0 Å². The molecule has 0 spiro atoms. The summed E-state index contributed by atoms with van der Waals surface area (Å²) in [6, 6.07) is 0.162. The van der Waals surface area contributed by atoms with Crippen molar-refractivity contribution >= 4 is 11.7 Å². The molecule has 1 aliphatic rings. The number of nitrogens with two attached hydrogens (primary N) is 1. The van der Waals surface area contributed by atoms with Crippen LogP contribution in [0.3, 0.4) is 0 Å². The van der Waals surface area contributed by atoms with Gasteiger partial charge in [-0.1, -0.05) is 25.4 Å². The van der Waals surface area contributed by atoms with Crippen molar-refractivity contribution in [3.8, 4) is 0 Å². The van der Waals surface area contributed by atoms with Gasteiger partial charge in [0.05, 0.1) is 0 Å². The zero-order chi connectivity index (χ0) is 13.8. The van der Waals surface area contributed by atoms with Gasteiger partial charge in [-0.2, -0.15) is 0 Å². The zero-order valence-electron chi connectivity index (χ0n) is 11.6. The van der Waals surface area contributed by atoms with E-state index in [4.69, 9.17) is 10.9 Å². The van der Waals surface area contributed by atoms with E-state index in [9.17, 15) is 4.79 Å². The van der Waals surface area contributed by atoms with Crippen LogP contribution in [0.15, 0.2) is 5.16 Å². The summed E-state index contributed by atoms with van der Waals surface area (Å²) >= 11 is 0. The molecular formula is C13H25N3O2. The molecule has 1 amide bonds. The maximum Gasteiger partial charge on any atom is 0.234 e. The fourth-order valence-electron chi connectivity index (χ4n) is 2.55. The van der Waals surface area contributed by atoms with Crippen LogP contribution in [0.1, 0.15) is 52.9 Å². The molecule has 104 valence electrons. The smallest absolute Gasteiger partial charge is 0.234 e. The van der Waals surface area contributed by atoms with Crippen LogP contribution in [0.4, 0.5) is 0 Å². The van der Waals surface area contributed by atoms with Gasteiger partial charge >= 0.3 is 0 Å². The minimum Gasteiger partial charge on any atom is -0.409 e. The molecule has 1 rings (SSSR count). The highest BCUT2D eigenvalue weighted by atomic mass is 16.4. The summed E-state index contributed by atoms with van der Waals surface area (Å²) in [4.78, 5) is 12.4. The van der Waals surface area contributed by atoms with Gasteiger partial charge in [0.1, 0.15) is 5.41 Å². The Bertz CT molecular complexity index is 320. The number of nitrogens with one attached hydrogen (secondary N) is 1. The van der Waals surface area contributed by atoms with Gasteiger partial charge in [-0.15, -0.1) is 0 Å². The fraction of sp³-hybridized carbons (Fsp3) is 0.846. The second-order valence-electron chi connectivity index (χ2n) is 5.23. The Balaban J connectivity index is 2.76. The second kappa shape index (κ2) is 6.07. The lowest BCUT2D eigenvalue weighted by molar-refractivity contribution is -0.129. The van der Waals surface area contributed by atoms with E-state index in [1.54, 1.807) is 0 Å². The van der Waals surface area contributed by atoms with Crippen molar-refractivity contribution in [1.82, 2.24) is 5.32 Å². The van der Waals surface area contributed by atoms with E-state index in [-0.39, 0.29) is 17.8 Å². The average Bonchev–Trinajstić information content (AvgIpc) is 2.28. The molecule has 0 heterocycles. The number of hydrogen-bond acceptors (Lipinski definition) is 3. The van der Waals surface area contributed by atoms with Gasteiger partial charge in [-0.25, -0.2) is 0 Å². The van der Waals surface area contributed by atoms with E-state index >= 15 is 0 Å². The van der Waals surface area contributed by atoms with Crippen molar-refractivity contribution in [1.29, 1.82) is 0 Å². The average molecular weight is 255 g/mol. The summed E-state index contributed by atoms with van der Waals surface area (Å²) in [5.41, 5.74) is 4.83. The number of carbonyl (C=O) groups is 1. The third kappa shape index (κ3) is 2.60. The molecule has 1 atom stereocenters. The Hall–Kier alpha value is -1.26. The van der Waals surface area contributed by atoms with Gasteiger partial charge in [0.15, 0.2) is 5.84 Å². The Labute approximate surface area is 109 Å². The Morgan fingerprint density at radius 1 is 1.50 bits per heavy atom. The van der Waals surface area contributed by atoms with Crippen molar-refractivity contribution < 1.29 is 10.0 Å². The predicted octanol–water partition coefficient (Wildman–Crippen LogP) is 1.84. The lowest BCUT2D eigenvalue weighted by Gasteiger charge is -2.35. The quantitative estimate of drug-likeness (QED) is 0.293. The minimum atomic E-state index is -0.882. The summed E-state index contributed by atoms with van der Waals surface area (Å²) in [5.74, 6) is 0.459. The largest absolute Gasteiger partial charge is 0.409 e. The van der Waals surface area contributed by atoms with E-state index in [1.807, 2.05) is 20.8 Å². The van der Waals surface area contributed by atoms with Crippen LogP contribution in [0.2, 0.25) is 0 Å². The van der Waals surface area contributed by atoms with Crippen LogP contribution in [-0.2, 0) is 4.79 Å². The van der Waals surface area contributed by atoms with Crippen molar-refractivity contribution in [2.75, 3.05) is 0 Å². The number of carbonyl (C=O) groups excluding carboxylic acids is 1. The Kier molecular flexibility index (Phi) is 4.99. The van der Waals surface area contributed by atoms with Gasteiger partial charge in [-0.05, 0) is 38.5 Å². The third-order valence-corrected chi connectivity index (χ3v) is 4.46. The van der Waals surface area contributed by atoms with Gasteiger partial charge < -0.3 is 16.3 Å². The molecular weight excluding hydrogens is 230 g/mol. The number of amides is 1. The SMILES string of the molecule is CCC(CC)(C(=O)NC(C)C1CCC1)C(N)=NO. The molecule has 0 saturated heterocycles. The van der Waals surface area contributed by atoms with Crippen molar-refractivity contribution in [2.24, 2.45) is 22.2 Å². The van der Waals surface area contributed by atoms with Crippen molar-refractivity contribution in [3.63, 3.8) is 0 Å². The summed E-state index contributed by atoms with van der Waals surface area (Å²) in [5, 5.41) is 14.9. The number of hydrogen-bond donors (Lipinski definition) is 3. The van der Waals surface area contributed by atoms with E-state index in [1.165, 1.54) is 19.3 Å². The highest BCUT2D eigenvalue weighted by molar-refractivity contribution is 6.06. The molecule has 18 heavy (non-hydrogen) atoms. The molecule has 0 aliphatic heterocycles. The molecule has 1 unspecified atom stereocenters. The van der Waals surface area contributed by atoms with Crippen LogP contribution in [0.25, 0.3) is 0 Å². The zero-order valence-corrected chi connectivity index (χ0v) is 11.6. The first kappa shape index (κ1) is 14.8. The maximum absolute atomic E-state index is 12.4. The van der Waals surface area contributed by atoms with E-state index in [0.29, 0.717) is 18.8 Å². The van der Waals surface area contributed by atoms with Gasteiger partial charge in [0.25, 0.3) is 0 Å². The number of nitrogens with zero attached hydrogens (tertiary/aromatic N) is 1. The van der Waals surface area contributed by atoms with Crippen molar-refractivity contribution in [2.45, 2.75) is 58.9 Å². The molecule has 1 saturated carbocycles. The van der Waals surface area contributed by atoms with Crippen LogP contribution in [0, 0.1) is 11.3 Å². The third-order valence-electron chi connectivity index (χ3n) is 4.46. The highest BCUT2D eigenvalue weighted by Gasteiger charge is 2.41. The minimum absolute atomic E-state index is 0.00538. The molecule has 0 aromatic rings. The number of rotatable bonds is 6. The normalized spacial score (nSPS) is 19.2. The monoisotopic (exact) mass is 255 g/mol. The van der Waals surface area contributed by atoms with E-state index in [0.717, 1.165) is 0 Å². The van der Waals surface area contributed by atoms with Crippen LogP contribution in [-0.4, -0.2) is 23.0 Å². The second-order valence-corrected chi connectivity index (χ2v) is 5.23. The first-order valence-corrected chi connectivity index (χ1v) is 6.80. The standard InChI is InChI=1S/C13H25N3O2/c1-4-13(5-2,11(14)16-18)12(17)15-9(3)10-7-6-8-10/h9-10,18H,4-8H2,1-3H3,(H2,14,16)(H,15,17). The first-order chi connectivity index (χ1) is 8.51. The molecule has 0 aromatic heterocycles. The van der Waals surface area contributed by atoms with E-state index in [2.05, 4.69) is 10.5 Å². The summed E-state index contributed by atoms with van der Waals surface area (Å²) < 4.78 is 0. The lowest BCUT2D eigenvalue weighted by Crippen LogP contribution is -2.53. The fourth-order valence-corrected chi connectivity index (χ4v) is 2.55. The van der Waals surface area contributed by atoms with Crippen LogP contribution < -0.4 is 11.1 Å². The van der Waals surface area contributed by atoms with Gasteiger partial charge in [-0.3, -0.25) is 4.79 Å². The Morgan fingerprint density at radius 2 is 2.06 bits per heavy atom. The Morgan fingerprint density at radius 3 is 2.39 bits per heavy atom. The lowest BCUT2D eigenvalue weighted by atomic mass is 9.77. The molecule has 0 radical (unpaired) electrons. The van der Waals surface area contributed by atoms with E-state index < -0.39 is 5.41 Å². The van der Waals surface area contributed by atoms with Crippen molar-refractivity contribution in [3.05, 3.63) is 0 Å². The summed E-state index contributed by atoms with van der Waals surface area (Å²) in [6.45, 7) is 5.80. The van der Waals surface area contributed by atoms with Gasteiger partial charge in [0.2, 0.25) is 5.91 Å². The number of amidine groups is 1. The molecule has 5 heteroatoms. The molecule has 5 nitrogen and oxygen atoms in total. The number of oxime groups is 1. The molecule has 1 aliphatic carbocycles. The molecule has 1 fully saturated rings. The van der Waals surface area contributed by atoms with Gasteiger partial charge in [0, 0.05) is 6.04 Å². The summed E-state index contributed by atoms with van der Waals surface area (Å²) in [6.07, 6.45) is 4.66. The maximum atomic E-state index is 12.4.